The van der Waals surface area contributed by atoms with Gasteiger partial charge in [-0.1, -0.05) is 20.1 Å². The van der Waals surface area contributed by atoms with Crippen molar-refractivity contribution < 1.29 is 24.2 Å². The molecule has 0 fully saturated rings. The van der Waals surface area contributed by atoms with Gasteiger partial charge in [-0.05, 0) is 6.42 Å². The van der Waals surface area contributed by atoms with E-state index in [4.69, 9.17) is 0 Å². The zero-order chi connectivity index (χ0) is 11.8. The van der Waals surface area contributed by atoms with Crippen molar-refractivity contribution in [1.82, 2.24) is 0 Å². The third-order valence-corrected chi connectivity index (χ3v) is 1.53. The summed E-state index contributed by atoms with van der Waals surface area (Å²) in [5.41, 5.74) is 0. The summed E-state index contributed by atoms with van der Waals surface area (Å²) in [4.78, 5) is 21.7. The fourth-order valence-corrected chi connectivity index (χ4v) is 0.699. The van der Waals surface area contributed by atoms with E-state index in [1.807, 2.05) is 0 Å². The molecule has 0 aliphatic heterocycles. The van der Waals surface area contributed by atoms with Gasteiger partial charge in [0.2, 0.25) is 0 Å². The molecule has 0 rings (SSSR count). The number of carbonyl (C=O) groups is 2. The van der Waals surface area contributed by atoms with Gasteiger partial charge in [0.25, 0.3) is 6.29 Å². The first-order valence-electron chi connectivity index (χ1n) is 4.39. The Hall–Kier alpha value is -1.62. The highest BCUT2D eigenvalue weighted by Gasteiger charge is 2.24. The molecule has 0 aromatic rings. The van der Waals surface area contributed by atoms with Crippen molar-refractivity contribution in [3.05, 3.63) is 25.3 Å². The van der Waals surface area contributed by atoms with Crippen LogP contribution in [0, 0.1) is 0 Å². The molecule has 0 saturated heterocycles. The largest absolute Gasteiger partial charge is 0.419 e. The van der Waals surface area contributed by atoms with Gasteiger partial charge >= 0.3 is 11.9 Å². The van der Waals surface area contributed by atoms with Gasteiger partial charge < -0.3 is 14.6 Å². The molecule has 1 atom stereocenters. The number of carbonyl (C=O) groups excluding carboxylic acids is 2. The standard InChI is InChI=1S/C10H14O5/c1-4-7(11)10(14-8(12)5-2)15-9(13)6-3/h5-7,10-11H,2-4H2,1H3. The Kier molecular flexibility index (Phi) is 6.05. The minimum atomic E-state index is -1.33. The second-order valence-corrected chi connectivity index (χ2v) is 2.63. The molecule has 0 aliphatic rings. The lowest BCUT2D eigenvalue weighted by Crippen LogP contribution is -2.34. The van der Waals surface area contributed by atoms with Crippen LogP contribution in [0.4, 0.5) is 0 Å². The Morgan fingerprint density at radius 2 is 1.67 bits per heavy atom. The Bertz CT molecular complexity index is 237. The lowest BCUT2D eigenvalue weighted by molar-refractivity contribution is -0.200. The maximum atomic E-state index is 10.8. The van der Waals surface area contributed by atoms with E-state index in [-0.39, 0.29) is 6.42 Å². The minimum Gasteiger partial charge on any atom is -0.419 e. The van der Waals surface area contributed by atoms with E-state index < -0.39 is 24.3 Å². The molecular formula is C10H14O5. The van der Waals surface area contributed by atoms with Crippen molar-refractivity contribution >= 4 is 11.9 Å². The monoisotopic (exact) mass is 214 g/mol. The zero-order valence-corrected chi connectivity index (χ0v) is 8.51. The highest BCUT2D eigenvalue weighted by molar-refractivity contribution is 5.83. The molecule has 0 aromatic carbocycles. The van der Waals surface area contributed by atoms with Gasteiger partial charge in [0.05, 0.1) is 0 Å². The van der Waals surface area contributed by atoms with Gasteiger partial charge in [-0.3, -0.25) is 0 Å². The van der Waals surface area contributed by atoms with E-state index in [1.165, 1.54) is 0 Å². The normalized spacial score (nSPS) is 11.7. The topological polar surface area (TPSA) is 72.8 Å². The number of ether oxygens (including phenoxy) is 2. The van der Waals surface area contributed by atoms with Crippen LogP contribution in [0.3, 0.4) is 0 Å². The molecule has 0 radical (unpaired) electrons. The SMILES string of the molecule is C=CC(=O)OC(OC(=O)C=C)C(O)CC. The number of hydrogen-bond acceptors (Lipinski definition) is 5. The predicted octanol–water partition coefficient (Wildman–Crippen LogP) is 0.542. The van der Waals surface area contributed by atoms with Gasteiger partial charge in [-0.15, -0.1) is 0 Å². The first-order chi connectivity index (χ1) is 7.04. The number of aliphatic hydroxyl groups is 1. The van der Waals surface area contributed by atoms with Gasteiger partial charge in [0.1, 0.15) is 6.10 Å². The van der Waals surface area contributed by atoms with Crippen molar-refractivity contribution in [2.45, 2.75) is 25.7 Å². The van der Waals surface area contributed by atoms with E-state index in [2.05, 4.69) is 22.6 Å². The number of rotatable bonds is 6. The van der Waals surface area contributed by atoms with E-state index in [9.17, 15) is 14.7 Å². The Labute approximate surface area is 88.0 Å². The van der Waals surface area contributed by atoms with Crippen LogP contribution in [0.2, 0.25) is 0 Å². The lowest BCUT2D eigenvalue weighted by atomic mass is 10.3. The molecule has 5 heteroatoms. The zero-order valence-electron chi connectivity index (χ0n) is 8.51. The third-order valence-electron chi connectivity index (χ3n) is 1.53. The second kappa shape index (κ2) is 6.78. The molecular weight excluding hydrogens is 200 g/mol. The van der Waals surface area contributed by atoms with Crippen molar-refractivity contribution in [1.29, 1.82) is 0 Å². The average Bonchev–Trinajstić information content (AvgIpc) is 2.26. The average molecular weight is 214 g/mol. The van der Waals surface area contributed by atoms with Crippen molar-refractivity contribution in [2.24, 2.45) is 0 Å². The van der Waals surface area contributed by atoms with Gasteiger partial charge in [-0.2, -0.15) is 0 Å². The summed E-state index contributed by atoms with van der Waals surface area (Å²) in [6, 6.07) is 0. The highest BCUT2D eigenvalue weighted by Crippen LogP contribution is 2.07. The van der Waals surface area contributed by atoms with Crippen molar-refractivity contribution in [2.75, 3.05) is 0 Å². The van der Waals surface area contributed by atoms with Crippen LogP contribution in [0.25, 0.3) is 0 Å². The molecule has 0 bridgehead atoms. The van der Waals surface area contributed by atoms with Gasteiger partial charge in [0, 0.05) is 12.2 Å². The van der Waals surface area contributed by atoms with Crippen LogP contribution < -0.4 is 0 Å². The first-order valence-corrected chi connectivity index (χ1v) is 4.39. The van der Waals surface area contributed by atoms with Crippen molar-refractivity contribution in [3.63, 3.8) is 0 Å². The molecule has 84 valence electrons. The highest BCUT2D eigenvalue weighted by atomic mass is 16.7. The molecule has 0 aromatic heterocycles. The summed E-state index contributed by atoms with van der Waals surface area (Å²) < 4.78 is 9.25. The summed E-state index contributed by atoms with van der Waals surface area (Å²) in [6.45, 7) is 8.02. The van der Waals surface area contributed by atoms with Crippen molar-refractivity contribution in [3.8, 4) is 0 Å². The fraction of sp³-hybridized carbons (Fsp3) is 0.400. The number of esters is 2. The molecule has 1 unspecified atom stereocenters. The van der Waals surface area contributed by atoms with E-state index in [1.54, 1.807) is 6.92 Å². The fourth-order valence-electron chi connectivity index (χ4n) is 0.699. The predicted molar refractivity (Wildman–Crippen MR) is 52.7 cm³/mol. The summed E-state index contributed by atoms with van der Waals surface area (Å²) in [6.07, 6.45) is -0.294. The molecule has 0 spiro atoms. The maximum absolute atomic E-state index is 10.8. The lowest BCUT2D eigenvalue weighted by Gasteiger charge is -2.20. The molecule has 1 N–H and O–H groups in total. The molecule has 0 aliphatic carbocycles. The van der Waals surface area contributed by atoms with Crippen LogP contribution in [0.15, 0.2) is 25.3 Å². The molecule has 0 saturated carbocycles. The van der Waals surface area contributed by atoms with Gasteiger partial charge in [0.15, 0.2) is 0 Å². The minimum absolute atomic E-state index is 0.277. The molecule has 0 heterocycles. The third kappa shape index (κ3) is 4.97. The quantitative estimate of drug-likeness (QED) is 0.397. The molecule has 15 heavy (non-hydrogen) atoms. The number of aliphatic hydroxyl groups excluding tert-OH is 1. The molecule has 5 nitrogen and oxygen atoms in total. The summed E-state index contributed by atoms with van der Waals surface area (Å²) in [5, 5.41) is 9.38. The van der Waals surface area contributed by atoms with Crippen LogP contribution in [-0.2, 0) is 19.1 Å². The van der Waals surface area contributed by atoms with Crippen LogP contribution >= 0.6 is 0 Å². The summed E-state index contributed by atoms with van der Waals surface area (Å²) in [7, 11) is 0. The van der Waals surface area contributed by atoms with Gasteiger partial charge in [-0.25, -0.2) is 9.59 Å². The molecule has 0 amide bonds. The maximum Gasteiger partial charge on any atom is 0.333 e. The summed E-state index contributed by atoms with van der Waals surface area (Å²) >= 11 is 0. The van der Waals surface area contributed by atoms with Crippen LogP contribution in [-0.4, -0.2) is 29.4 Å². The summed E-state index contributed by atoms with van der Waals surface area (Å²) in [5.74, 6) is -1.55. The Morgan fingerprint density at radius 1 is 1.27 bits per heavy atom. The van der Waals surface area contributed by atoms with E-state index in [0.29, 0.717) is 0 Å². The first kappa shape index (κ1) is 13.4. The smallest absolute Gasteiger partial charge is 0.333 e. The number of hydrogen-bond donors (Lipinski definition) is 1. The van der Waals surface area contributed by atoms with Crippen LogP contribution in [0.1, 0.15) is 13.3 Å². The van der Waals surface area contributed by atoms with E-state index in [0.717, 1.165) is 12.2 Å². The van der Waals surface area contributed by atoms with E-state index >= 15 is 0 Å². The Balaban J connectivity index is 4.43. The Morgan fingerprint density at radius 3 is 1.93 bits per heavy atom. The second-order valence-electron chi connectivity index (χ2n) is 2.63. The van der Waals surface area contributed by atoms with Crippen LogP contribution in [0.5, 0.6) is 0 Å².